The van der Waals surface area contributed by atoms with Crippen molar-refractivity contribution >= 4 is 32.8 Å². The third-order valence-corrected chi connectivity index (χ3v) is 11.1. The number of nitrogens with zero attached hydrogens (tertiary/aromatic N) is 3. The average Bonchev–Trinajstić information content (AvgIpc) is 3.60. The number of sulfone groups is 1. The van der Waals surface area contributed by atoms with Crippen molar-refractivity contribution in [1.82, 2.24) is 10.3 Å². The van der Waals surface area contributed by atoms with Crippen LogP contribution in [0.2, 0.25) is 0 Å². The van der Waals surface area contributed by atoms with Crippen molar-refractivity contribution in [1.29, 1.82) is 5.26 Å². The first kappa shape index (κ1) is 26.9. The molecule has 1 aromatic heterocycles. The van der Waals surface area contributed by atoms with Gasteiger partial charge in [0.1, 0.15) is 16.4 Å². The summed E-state index contributed by atoms with van der Waals surface area (Å²) in [6.07, 6.45) is 4.92. The van der Waals surface area contributed by atoms with Crippen molar-refractivity contribution in [2.75, 3.05) is 29.5 Å². The minimum Gasteiger partial charge on any atom is -0.369 e. The zero-order valence-electron chi connectivity index (χ0n) is 22.1. The highest BCUT2D eigenvalue weighted by molar-refractivity contribution is 7.91. The van der Waals surface area contributed by atoms with Gasteiger partial charge in [0.05, 0.1) is 28.1 Å². The summed E-state index contributed by atoms with van der Waals surface area (Å²) in [5.74, 6) is -0.412. The van der Waals surface area contributed by atoms with E-state index in [1.165, 1.54) is 23.5 Å². The van der Waals surface area contributed by atoms with Crippen LogP contribution in [-0.4, -0.2) is 49.4 Å². The van der Waals surface area contributed by atoms with E-state index in [0.29, 0.717) is 25.9 Å². The molecule has 2 heterocycles. The van der Waals surface area contributed by atoms with Crippen molar-refractivity contribution in [3.63, 3.8) is 0 Å². The van der Waals surface area contributed by atoms with Crippen LogP contribution in [0.1, 0.15) is 50.1 Å². The lowest BCUT2D eigenvalue weighted by molar-refractivity contribution is -0.127. The lowest BCUT2D eigenvalue weighted by Gasteiger charge is -2.31. The second-order valence-electron chi connectivity index (χ2n) is 11.1. The minimum atomic E-state index is -2.96. The Morgan fingerprint density at radius 1 is 1.02 bits per heavy atom. The third kappa shape index (κ3) is 5.50. The molecule has 7 nitrogen and oxygen atoms in total. The lowest BCUT2D eigenvalue weighted by Crippen LogP contribution is -2.42. The Hall–Kier alpha value is -3.29. The van der Waals surface area contributed by atoms with Crippen LogP contribution >= 0.6 is 11.3 Å². The second kappa shape index (κ2) is 10.6. The molecule has 10 heteroatoms. The number of hydrogen-bond acceptors (Lipinski definition) is 7. The van der Waals surface area contributed by atoms with E-state index in [1.807, 2.05) is 24.3 Å². The molecule has 2 aliphatic carbocycles. The van der Waals surface area contributed by atoms with E-state index in [4.69, 9.17) is 4.98 Å². The van der Waals surface area contributed by atoms with Crippen molar-refractivity contribution < 1.29 is 17.6 Å². The van der Waals surface area contributed by atoms with Gasteiger partial charge in [0.25, 0.3) is 0 Å². The molecule has 0 bridgehead atoms. The molecule has 2 saturated carbocycles. The Morgan fingerprint density at radius 2 is 1.68 bits per heavy atom. The van der Waals surface area contributed by atoms with Gasteiger partial charge < -0.3 is 10.2 Å². The fraction of sp³-hybridized carbons (Fsp3) is 0.433. The minimum absolute atomic E-state index is 0.0681. The smallest absolute Gasteiger partial charge is 0.225 e. The summed E-state index contributed by atoms with van der Waals surface area (Å²) < 4.78 is 37.4. The summed E-state index contributed by atoms with van der Waals surface area (Å²) in [4.78, 5) is 21.6. The topological polar surface area (TPSA) is 103 Å². The van der Waals surface area contributed by atoms with Crippen molar-refractivity contribution in [3.05, 3.63) is 60.0 Å². The number of halogens is 1. The van der Waals surface area contributed by atoms with Gasteiger partial charge in [-0.15, -0.1) is 11.3 Å². The van der Waals surface area contributed by atoms with Gasteiger partial charge in [0, 0.05) is 36.2 Å². The second-order valence-corrected chi connectivity index (χ2v) is 14.4. The molecule has 2 unspecified atom stereocenters. The summed E-state index contributed by atoms with van der Waals surface area (Å²) in [6, 6.07) is 16.7. The van der Waals surface area contributed by atoms with Crippen molar-refractivity contribution in [2.24, 2.45) is 5.92 Å². The van der Waals surface area contributed by atoms with Gasteiger partial charge in [-0.2, -0.15) is 5.26 Å². The summed E-state index contributed by atoms with van der Waals surface area (Å²) in [5, 5.41) is 13.3. The first-order valence-corrected chi connectivity index (χ1v) is 16.5. The SMILES string of the molecule is N#CC1(NC(=O)C2CCCCC2c2nc(-c3ccc(F)cc3)sc2-c2ccc(N3CCS(=O)(=O)CC3)cc2)CC1. The number of carbonyl (C=O) groups is 1. The molecule has 3 fully saturated rings. The van der Waals surface area contributed by atoms with Crippen molar-refractivity contribution in [2.45, 2.75) is 50.0 Å². The van der Waals surface area contributed by atoms with Gasteiger partial charge in [-0.3, -0.25) is 4.79 Å². The molecule has 3 aliphatic rings. The van der Waals surface area contributed by atoms with E-state index in [1.54, 1.807) is 12.1 Å². The summed E-state index contributed by atoms with van der Waals surface area (Å²) in [6.45, 7) is 0.955. The first-order valence-electron chi connectivity index (χ1n) is 13.8. The Morgan fingerprint density at radius 3 is 2.33 bits per heavy atom. The zero-order chi connectivity index (χ0) is 27.9. The first-order chi connectivity index (χ1) is 19.3. The van der Waals surface area contributed by atoms with Crippen LogP contribution in [0, 0.1) is 23.1 Å². The highest BCUT2D eigenvalue weighted by atomic mass is 32.2. The number of nitrogens with one attached hydrogen (secondary N) is 1. The van der Waals surface area contributed by atoms with Gasteiger partial charge >= 0.3 is 0 Å². The van der Waals surface area contributed by atoms with Crippen molar-refractivity contribution in [3.8, 4) is 27.1 Å². The molecule has 0 spiro atoms. The monoisotopic (exact) mass is 578 g/mol. The van der Waals surface area contributed by atoms with Crippen LogP contribution in [0.3, 0.4) is 0 Å². The maximum atomic E-state index is 13.7. The number of thiazole rings is 1. The molecule has 0 radical (unpaired) electrons. The van der Waals surface area contributed by atoms with E-state index in [9.17, 15) is 22.9 Å². The Balaban J connectivity index is 1.35. The largest absolute Gasteiger partial charge is 0.369 e. The molecular formula is C30H31FN4O3S2. The van der Waals surface area contributed by atoms with Gasteiger partial charge in [-0.05, 0) is 67.6 Å². The summed E-state index contributed by atoms with van der Waals surface area (Å²) >= 11 is 1.54. The lowest BCUT2D eigenvalue weighted by atomic mass is 9.76. The third-order valence-electron chi connectivity index (χ3n) is 8.36. The van der Waals surface area contributed by atoms with Gasteiger partial charge in [0.15, 0.2) is 9.84 Å². The van der Waals surface area contributed by atoms with Crippen LogP contribution in [0.25, 0.3) is 21.0 Å². The molecule has 208 valence electrons. The van der Waals surface area contributed by atoms with Gasteiger partial charge in [-0.1, -0.05) is 25.0 Å². The van der Waals surface area contributed by atoms with E-state index in [0.717, 1.165) is 58.1 Å². The number of amides is 1. The highest BCUT2D eigenvalue weighted by Crippen LogP contribution is 2.46. The number of anilines is 1. The number of carbonyl (C=O) groups excluding carboxylic acids is 1. The fourth-order valence-electron chi connectivity index (χ4n) is 5.79. The molecule has 2 atom stereocenters. The van der Waals surface area contributed by atoms with E-state index >= 15 is 0 Å². The highest BCUT2D eigenvalue weighted by Gasteiger charge is 2.47. The van der Waals surface area contributed by atoms with E-state index < -0.39 is 15.4 Å². The number of nitriles is 1. The molecule has 1 aliphatic heterocycles. The molecule has 1 saturated heterocycles. The fourth-order valence-corrected chi connectivity index (χ4v) is 8.14. The quantitative estimate of drug-likeness (QED) is 0.426. The summed E-state index contributed by atoms with van der Waals surface area (Å²) in [7, 11) is -2.96. The number of hydrogen-bond donors (Lipinski definition) is 1. The van der Waals surface area contributed by atoms with E-state index in [-0.39, 0.29) is 35.1 Å². The molecule has 1 amide bonds. The Labute approximate surface area is 238 Å². The van der Waals surface area contributed by atoms with Gasteiger partial charge in [-0.25, -0.2) is 17.8 Å². The Kier molecular flexibility index (Phi) is 7.13. The molecular weight excluding hydrogens is 547 g/mol. The molecule has 40 heavy (non-hydrogen) atoms. The predicted molar refractivity (Wildman–Crippen MR) is 154 cm³/mol. The van der Waals surface area contributed by atoms with Crippen LogP contribution in [-0.2, 0) is 14.6 Å². The number of aromatic nitrogens is 1. The maximum absolute atomic E-state index is 13.7. The van der Waals surface area contributed by atoms with Crippen LogP contribution in [0.4, 0.5) is 10.1 Å². The zero-order valence-corrected chi connectivity index (χ0v) is 23.7. The van der Waals surface area contributed by atoms with Crippen LogP contribution in [0.15, 0.2) is 48.5 Å². The summed E-state index contributed by atoms with van der Waals surface area (Å²) in [5.41, 5.74) is 2.94. The number of benzene rings is 2. The predicted octanol–water partition coefficient (Wildman–Crippen LogP) is 5.30. The maximum Gasteiger partial charge on any atom is 0.225 e. The van der Waals surface area contributed by atoms with E-state index in [2.05, 4.69) is 16.3 Å². The van der Waals surface area contributed by atoms with Crippen LogP contribution < -0.4 is 10.2 Å². The molecule has 2 aromatic carbocycles. The van der Waals surface area contributed by atoms with Gasteiger partial charge in [0.2, 0.25) is 5.91 Å². The molecule has 6 rings (SSSR count). The Bertz CT molecular complexity index is 1540. The normalized spacial score (nSPS) is 23.2. The standard InChI is InChI=1S/C30H31FN4O3S2/c31-22-9-5-21(6-10-22)29-33-26(24-3-1-2-4-25(24)28(36)34-30(19-32)13-14-30)27(39-29)20-7-11-23(12-8-20)35-15-17-40(37,38)18-16-35/h5-12,24-25H,1-4,13-18H2,(H,34,36). The average molecular weight is 579 g/mol. The number of rotatable bonds is 6. The van der Waals surface area contributed by atoms with Crippen LogP contribution in [0.5, 0.6) is 0 Å². The molecule has 3 aromatic rings. The molecule has 1 N–H and O–H groups in total.